The van der Waals surface area contributed by atoms with Crippen molar-refractivity contribution in [3.8, 4) is 0 Å². The molecule has 0 atom stereocenters. The second-order valence-corrected chi connectivity index (χ2v) is 4.66. The van der Waals surface area contributed by atoms with Gasteiger partial charge in [-0.25, -0.2) is 0 Å². The number of hydrogen-bond acceptors (Lipinski definition) is 0. The highest BCUT2D eigenvalue weighted by Gasteiger charge is 2.07. The summed E-state index contributed by atoms with van der Waals surface area (Å²) in [6, 6.07) is 4.57. The van der Waals surface area contributed by atoms with Crippen molar-refractivity contribution in [1.29, 1.82) is 0 Å². The van der Waals surface area contributed by atoms with E-state index in [4.69, 9.17) is 0 Å². The van der Waals surface area contributed by atoms with Crippen LogP contribution in [0.2, 0.25) is 0 Å². The highest BCUT2D eigenvalue weighted by atomic mass is 14.1. The van der Waals surface area contributed by atoms with Gasteiger partial charge in [0.05, 0.1) is 0 Å². The number of benzene rings is 1. The zero-order valence-corrected chi connectivity index (χ0v) is 10.8. The fourth-order valence-corrected chi connectivity index (χ4v) is 2.33. The van der Waals surface area contributed by atoms with Gasteiger partial charge in [0.25, 0.3) is 0 Å². The Morgan fingerprint density at radius 3 is 1.79 bits per heavy atom. The molecule has 0 radical (unpaired) electrons. The topological polar surface area (TPSA) is 0 Å². The molecule has 3 rings (SSSR count). The van der Waals surface area contributed by atoms with Crippen LogP contribution in [-0.4, -0.2) is 0 Å². The van der Waals surface area contributed by atoms with Crippen LogP contribution >= 0.6 is 0 Å². The summed E-state index contributed by atoms with van der Waals surface area (Å²) in [5.74, 6) is 0. The highest BCUT2D eigenvalue weighted by molar-refractivity contribution is 5.73. The molecule has 0 saturated heterocycles. The van der Waals surface area contributed by atoms with Gasteiger partial charge in [-0.15, -0.1) is 0 Å². The van der Waals surface area contributed by atoms with Gasteiger partial charge in [0.15, 0.2) is 0 Å². The molecule has 0 bridgehead atoms. The molecule has 19 heavy (non-hydrogen) atoms. The van der Waals surface area contributed by atoms with Crippen molar-refractivity contribution < 1.29 is 0 Å². The lowest BCUT2D eigenvalue weighted by Gasteiger charge is -2.06. The van der Waals surface area contributed by atoms with E-state index in [1.165, 1.54) is 22.3 Å². The predicted molar refractivity (Wildman–Crippen MR) is 84.7 cm³/mol. The molecule has 1 aromatic rings. The first kappa shape index (κ1) is 11.7. The Hall–Kier alpha value is -2.34. The minimum atomic E-state index is 1.05. The van der Waals surface area contributed by atoms with E-state index in [1.54, 1.807) is 0 Å². The zero-order valence-electron chi connectivity index (χ0n) is 10.8. The number of allylic oxidation sites excluding steroid dienone is 9. The average molecular weight is 244 g/mol. The standard InChI is InChI=1S/C19H16/c1-2-4-6-8-11-17-15-19-13-9-12-18(19)14-16(17)10-7-5-3-1/h1-12,14-15H,13H2/b2-1+,3-1?,4-2?,5-3-,6-4-,7-5?,8-6?,10-7?,11-8+,16-10?,17-11?. The van der Waals surface area contributed by atoms with Gasteiger partial charge in [0, 0.05) is 0 Å². The van der Waals surface area contributed by atoms with Crippen molar-refractivity contribution in [2.45, 2.75) is 6.42 Å². The third-order valence-corrected chi connectivity index (χ3v) is 3.31. The van der Waals surface area contributed by atoms with Gasteiger partial charge in [-0.2, -0.15) is 0 Å². The summed E-state index contributed by atoms with van der Waals surface area (Å²) in [6.45, 7) is 0. The highest BCUT2D eigenvalue weighted by Crippen LogP contribution is 2.25. The predicted octanol–water partition coefficient (Wildman–Crippen LogP) is 4.96. The van der Waals surface area contributed by atoms with Crippen LogP contribution in [0, 0.1) is 0 Å². The van der Waals surface area contributed by atoms with Crippen LogP contribution in [0.5, 0.6) is 0 Å². The Kier molecular flexibility index (Phi) is 3.42. The molecule has 0 heterocycles. The van der Waals surface area contributed by atoms with E-state index in [-0.39, 0.29) is 0 Å². The molecular weight excluding hydrogens is 228 g/mol. The maximum absolute atomic E-state index is 2.30. The van der Waals surface area contributed by atoms with E-state index >= 15 is 0 Å². The van der Waals surface area contributed by atoms with E-state index in [1.807, 2.05) is 24.3 Å². The Morgan fingerprint density at radius 2 is 1.11 bits per heavy atom. The third kappa shape index (κ3) is 2.74. The molecule has 0 N–H and O–H groups in total. The minimum absolute atomic E-state index is 1.05. The summed E-state index contributed by atoms with van der Waals surface area (Å²) < 4.78 is 0. The maximum Gasteiger partial charge on any atom is -0.00880 e. The molecule has 0 amide bonds. The largest absolute Gasteiger partial charge is 0.0795 e. The Labute approximate surface area is 114 Å². The van der Waals surface area contributed by atoms with Crippen molar-refractivity contribution in [2.24, 2.45) is 0 Å². The van der Waals surface area contributed by atoms with Crippen molar-refractivity contribution >= 4 is 18.2 Å². The van der Waals surface area contributed by atoms with Crippen molar-refractivity contribution in [3.63, 3.8) is 0 Å². The summed E-state index contributed by atoms with van der Waals surface area (Å²) in [5.41, 5.74) is 5.32. The van der Waals surface area contributed by atoms with Gasteiger partial charge in [0.2, 0.25) is 0 Å². The first-order valence-corrected chi connectivity index (χ1v) is 6.62. The number of hydrogen-bond donors (Lipinski definition) is 0. The van der Waals surface area contributed by atoms with E-state index in [2.05, 4.69) is 60.7 Å². The first-order chi connectivity index (χ1) is 9.43. The molecule has 0 aromatic heterocycles. The summed E-state index contributed by atoms with van der Waals surface area (Å²) in [5, 5.41) is 0. The average Bonchev–Trinajstić information content (AvgIpc) is 2.85. The van der Waals surface area contributed by atoms with Gasteiger partial charge in [-0.1, -0.05) is 79.0 Å². The van der Waals surface area contributed by atoms with Crippen molar-refractivity contribution in [3.05, 3.63) is 89.1 Å². The lowest BCUT2D eigenvalue weighted by atomic mass is 9.98. The van der Waals surface area contributed by atoms with Crippen LogP contribution in [0.15, 0.2) is 66.8 Å². The van der Waals surface area contributed by atoms with Crippen molar-refractivity contribution in [2.75, 3.05) is 0 Å². The van der Waals surface area contributed by atoms with Gasteiger partial charge in [0.1, 0.15) is 0 Å². The lowest BCUT2D eigenvalue weighted by Crippen LogP contribution is -1.88. The zero-order chi connectivity index (χ0) is 12.9. The van der Waals surface area contributed by atoms with Crippen molar-refractivity contribution in [1.82, 2.24) is 0 Å². The molecule has 92 valence electrons. The summed E-state index contributed by atoms with van der Waals surface area (Å²) in [6.07, 6.45) is 26.3. The quantitative estimate of drug-likeness (QED) is 0.604. The number of fused-ring (bicyclic) bond motifs is 2. The molecule has 0 saturated carbocycles. The number of rotatable bonds is 0. The summed E-state index contributed by atoms with van der Waals surface area (Å²) >= 11 is 0. The van der Waals surface area contributed by atoms with Crippen LogP contribution in [0.4, 0.5) is 0 Å². The molecule has 2 aliphatic carbocycles. The summed E-state index contributed by atoms with van der Waals surface area (Å²) in [4.78, 5) is 0. The smallest absolute Gasteiger partial charge is 0.00880 e. The van der Waals surface area contributed by atoms with Crippen LogP contribution in [0.3, 0.4) is 0 Å². The molecular formula is C19H16. The normalized spacial score (nSPS) is 22.7. The van der Waals surface area contributed by atoms with E-state index in [0.29, 0.717) is 0 Å². The first-order valence-electron chi connectivity index (χ1n) is 6.62. The van der Waals surface area contributed by atoms with Gasteiger partial charge in [-0.3, -0.25) is 0 Å². The second kappa shape index (κ2) is 5.53. The summed E-state index contributed by atoms with van der Waals surface area (Å²) in [7, 11) is 0. The van der Waals surface area contributed by atoms with E-state index in [9.17, 15) is 0 Å². The molecule has 0 heteroatoms. The minimum Gasteiger partial charge on any atom is -0.0795 e. The van der Waals surface area contributed by atoms with Gasteiger partial charge >= 0.3 is 0 Å². The Bertz CT molecular complexity index is 647. The monoisotopic (exact) mass is 244 g/mol. The third-order valence-electron chi connectivity index (χ3n) is 3.31. The van der Waals surface area contributed by atoms with E-state index in [0.717, 1.165) is 6.42 Å². The van der Waals surface area contributed by atoms with Gasteiger partial charge in [-0.05, 0) is 34.7 Å². The molecule has 1 aromatic carbocycles. The molecule has 0 aliphatic heterocycles. The van der Waals surface area contributed by atoms with Crippen LogP contribution in [0.25, 0.3) is 18.2 Å². The maximum atomic E-state index is 2.30. The molecule has 0 nitrogen and oxygen atoms in total. The molecule has 0 spiro atoms. The fraction of sp³-hybridized carbons (Fsp3) is 0.0526. The SMILES string of the molecule is C1=Cc2cc3c(cc2/C=C/C=C\C=C\C=C/1)CC=C3. The van der Waals surface area contributed by atoms with Crippen LogP contribution in [0.1, 0.15) is 22.3 Å². The second-order valence-electron chi connectivity index (χ2n) is 4.66. The van der Waals surface area contributed by atoms with Gasteiger partial charge < -0.3 is 0 Å². The molecule has 2 aliphatic rings. The van der Waals surface area contributed by atoms with Crippen LogP contribution < -0.4 is 0 Å². The Morgan fingerprint density at radius 1 is 0.526 bits per heavy atom. The van der Waals surface area contributed by atoms with Crippen LogP contribution in [-0.2, 0) is 6.42 Å². The lowest BCUT2D eigenvalue weighted by molar-refractivity contribution is 1.30. The molecule has 0 unspecified atom stereocenters. The molecule has 0 fully saturated rings. The Balaban J connectivity index is 2.07. The van der Waals surface area contributed by atoms with E-state index < -0.39 is 0 Å². The fourth-order valence-electron chi connectivity index (χ4n) is 2.33.